The largest absolute Gasteiger partial charge is 0.463 e. The first-order valence-electron chi connectivity index (χ1n) is 34.3. The molecule has 0 saturated heterocycles. The molecule has 4 aliphatic rings. The fraction of sp³-hybridized carbons (Fsp3) is 0.425. The summed E-state index contributed by atoms with van der Waals surface area (Å²) in [5.74, 6) is -11.1. The van der Waals surface area contributed by atoms with Crippen LogP contribution >= 0.6 is 23.2 Å². The van der Waals surface area contributed by atoms with Crippen molar-refractivity contribution in [1.29, 1.82) is 0 Å². The summed E-state index contributed by atoms with van der Waals surface area (Å²) in [6.07, 6.45) is 1.33. The Kier molecular flexibility index (Phi) is 21.0. The van der Waals surface area contributed by atoms with E-state index in [0.717, 1.165) is 40.8 Å². The number of halogens is 12. The van der Waals surface area contributed by atoms with Crippen LogP contribution in [-0.2, 0) is 39.7 Å². The Bertz CT molecular complexity index is 4980. The van der Waals surface area contributed by atoms with Crippen molar-refractivity contribution in [2.24, 2.45) is 43.1 Å². The molecule has 2 aliphatic heterocycles. The molecule has 4 N–H and O–H groups in total. The van der Waals surface area contributed by atoms with Gasteiger partial charge in [0.25, 0.3) is 36.5 Å². The van der Waals surface area contributed by atoms with Gasteiger partial charge in [-0.05, 0) is 140 Å². The second-order valence-corrected chi connectivity index (χ2v) is 31.0. The number of nitrogens with two attached hydrogens (primary N) is 2. The Morgan fingerprint density at radius 1 is 0.596 bits per heavy atom. The van der Waals surface area contributed by atoms with Gasteiger partial charge in [0.1, 0.15) is 25.9 Å². The predicted molar refractivity (Wildman–Crippen MR) is 378 cm³/mol. The van der Waals surface area contributed by atoms with Crippen LogP contribution < -0.4 is 11.5 Å². The van der Waals surface area contributed by atoms with Crippen LogP contribution in [-0.4, -0.2) is 130 Å². The molecule has 109 heavy (non-hydrogen) atoms. The number of alkyl halides is 10. The molecule has 9 aromatic rings. The lowest BCUT2D eigenvalue weighted by molar-refractivity contribution is -0.153. The monoisotopic (exact) mass is 1560 g/mol. The number of hydrogen-bond acceptors (Lipinski definition) is 18. The SMILES string of the molecule is CC(C)(C)C[C@]1(c2ccc(-n3ccnn3)cc2)N=C(N)N([C@H](COC(=O)CC2(C(C)(F)F)CC2)c2ccc(Cl)c(-n3ncnc3C(F)F)c2)C1=O.CC(C)(C)C[C@]1(c2ccc3nc(-c4cnn(C(F)F)c4)ccc3c2)N=C(N)N([C@H](COC(=O)CC2(C(C)(F)F)CC2)c2ccc(Cl)c(-n3ncnc3C(F)F)c2)C1=O. The zero-order valence-electron chi connectivity index (χ0n) is 59.9. The molecule has 576 valence electrons. The van der Waals surface area contributed by atoms with E-state index in [4.69, 9.17) is 54.1 Å². The number of aromatic nitrogens is 12. The topological polar surface area (TPSA) is 293 Å². The first kappa shape index (κ1) is 78.2. The Hall–Kier alpha value is -10.4. The van der Waals surface area contributed by atoms with Crippen molar-refractivity contribution >= 4 is 69.8 Å². The third kappa shape index (κ3) is 15.8. The van der Waals surface area contributed by atoms with E-state index in [0.29, 0.717) is 43.7 Å². The van der Waals surface area contributed by atoms with Crippen LogP contribution in [0.4, 0.5) is 43.9 Å². The fourth-order valence-electron chi connectivity index (χ4n) is 14.0. The van der Waals surface area contributed by atoms with Crippen molar-refractivity contribution in [3.63, 3.8) is 0 Å². The highest BCUT2D eigenvalue weighted by Gasteiger charge is 2.62. The number of ether oxygens (including phenoxy) is 2. The number of aliphatic imine (C=N–C) groups is 2. The standard InChI is InChI=1S/C39H38ClF6N9O3.C34H36ClF4N9O3/c1-36(2,3)19-39(24-7-10-26-21(13-24)6-9-27(51-26)23-16-49-53(17-23)34(43)44)33(57)54(35(47)52-39)29(18-58-30(56)15-38(11-12-38)37(4,45)46)22-5-8-25(40)28(14-22)55-32(31(41)42)48-20-50-55;1-31(2,3)18-34(21-6-8-22(9-7-21)46-14-13-42-45-46)29(50)47(30(40)44-34)25(17-51-26(49)16-33(11-12-33)32(4,38)39)20-5-10-23(35)24(15-20)48-28(27(36)37)41-19-43-48/h5-10,13-14,16-17,20,29,31,34H,11-12,15,18-19H2,1-4H3,(H2,47,52);5-10,13-15,19,25,27H,11-12,16-18H2,1-4H3,(H2,40,44)/t29-,39-;25-,34-/m11/s1. The molecular weight excluding hydrogens is 1490 g/mol. The van der Waals surface area contributed by atoms with E-state index in [1.807, 2.05) is 41.5 Å². The third-order valence-electron chi connectivity index (χ3n) is 19.8. The van der Waals surface area contributed by atoms with Gasteiger partial charge >= 0.3 is 18.5 Å². The molecule has 2 fully saturated rings. The minimum Gasteiger partial charge on any atom is -0.463 e. The average molecular weight is 1560 g/mol. The van der Waals surface area contributed by atoms with Crippen LogP contribution in [0.25, 0.3) is 39.2 Å². The highest BCUT2D eigenvalue weighted by molar-refractivity contribution is 6.32. The molecule has 0 spiro atoms. The van der Waals surface area contributed by atoms with Crippen LogP contribution in [0.2, 0.25) is 10.0 Å². The quantitative estimate of drug-likeness (QED) is 0.0397. The molecule has 2 amide bonds. The minimum absolute atomic E-state index is 0.000000536. The molecule has 36 heteroatoms. The summed E-state index contributed by atoms with van der Waals surface area (Å²) in [5.41, 5.74) is 9.34. The highest BCUT2D eigenvalue weighted by atomic mass is 35.5. The van der Waals surface area contributed by atoms with E-state index in [1.165, 1.54) is 59.9 Å². The minimum atomic E-state index is -3.14. The van der Waals surface area contributed by atoms with Gasteiger partial charge in [-0.2, -0.15) is 24.1 Å². The summed E-state index contributed by atoms with van der Waals surface area (Å²) in [6, 6.07) is 21.5. The van der Waals surface area contributed by atoms with Crippen LogP contribution in [0.15, 0.2) is 138 Å². The molecule has 2 saturated carbocycles. The van der Waals surface area contributed by atoms with Crippen molar-refractivity contribution in [3.8, 4) is 28.3 Å². The summed E-state index contributed by atoms with van der Waals surface area (Å²) < 4.78 is 155. The summed E-state index contributed by atoms with van der Waals surface area (Å²) in [6.45, 7) is 9.16. The molecule has 7 heterocycles. The van der Waals surface area contributed by atoms with Gasteiger partial charge in [-0.25, -0.2) is 78.8 Å². The summed E-state index contributed by atoms with van der Waals surface area (Å²) in [4.78, 5) is 80.2. The van der Waals surface area contributed by atoms with Gasteiger partial charge in [0, 0.05) is 28.0 Å². The first-order valence-corrected chi connectivity index (χ1v) is 35.0. The summed E-state index contributed by atoms with van der Waals surface area (Å²) >= 11 is 12.9. The van der Waals surface area contributed by atoms with E-state index in [-0.39, 0.29) is 83.0 Å². The lowest BCUT2D eigenvalue weighted by Gasteiger charge is -2.35. The van der Waals surface area contributed by atoms with E-state index in [2.05, 4.69) is 40.6 Å². The van der Waals surface area contributed by atoms with Gasteiger partial charge in [-0.3, -0.25) is 29.0 Å². The zero-order valence-corrected chi connectivity index (χ0v) is 61.4. The number of carbonyl (C=O) groups is 4. The van der Waals surface area contributed by atoms with Gasteiger partial charge in [-0.15, -0.1) is 5.10 Å². The number of pyridine rings is 1. The van der Waals surface area contributed by atoms with Crippen LogP contribution in [0, 0.1) is 21.7 Å². The van der Waals surface area contributed by atoms with Crippen LogP contribution in [0.3, 0.4) is 0 Å². The molecule has 2 aliphatic carbocycles. The van der Waals surface area contributed by atoms with Gasteiger partial charge in [0.2, 0.25) is 0 Å². The fourth-order valence-corrected chi connectivity index (χ4v) is 14.4. The third-order valence-corrected chi connectivity index (χ3v) is 20.4. The number of rotatable bonds is 25. The maximum atomic E-state index is 15.2. The van der Waals surface area contributed by atoms with E-state index in [9.17, 15) is 58.3 Å². The van der Waals surface area contributed by atoms with Gasteiger partial charge in [-0.1, -0.05) is 106 Å². The Labute approximate surface area is 626 Å². The molecule has 4 aromatic carbocycles. The number of hydrogen-bond donors (Lipinski definition) is 2. The molecule has 0 bridgehead atoms. The molecule has 24 nitrogen and oxygen atoms in total. The Morgan fingerprint density at radius 2 is 1.06 bits per heavy atom. The van der Waals surface area contributed by atoms with Crippen molar-refractivity contribution in [1.82, 2.24) is 69.1 Å². The molecule has 0 radical (unpaired) electrons. The summed E-state index contributed by atoms with van der Waals surface area (Å²) in [7, 11) is 0. The van der Waals surface area contributed by atoms with Crippen molar-refractivity contribution in [2.75, 3.05) is 13.2 Å². The molecule has 0 unspecified atom stereocenters. The Balaban J connectivity index is 0.000000205. The van der Waals surface area contributed by atoms with Gasteiger partial charge in [0.15, 0.2) is 34.6 Å². The number of nitrogens with zero attached hydrogens (tertiary/aromatic N) is 16. The Morgan fingerprint density at radius 3 is 1.48 bits per heavy atom. The normalized spacial score (nSPS) is 19.0. The van der Waals surface area contributed by atoms with E-state index >= 15 is 4.79 Å². The molecular formula is C73H74Cl2F10N18O6. The smallest absolute Gasteiger partial charge is 0.333 e. The summed E-state index contributed by atoms with van der Waals surface area (Å²) in [5, 5.41) is 20.0. The van der Waals surface area contributed by atoms with E-state index in [1.54, 1.807) is 65.5 Å². The maximum absolute atomic E-state index is 15.2. The van der Waals surface area contributed by atoms with E-state index < -0.39 is 138 Å². The highest BCUT2D eigenvalue weighted by Crippen LogP contribution is 2.60. The maximum Gasteiger partial charge on any atom is 0.333 e. The second kappa shape index (κ2) is 29.2. The van der Waals surface area contributed by atoms with Gasteiger partial charge in [0.05, 0.1) is 81.8 Å². The van der Waals surface area contributed by atoms with Crippen molar-refractivity contribution in [3.05, 3.63) is 172 Å². The number of fused-ring (bicyclic) bond motifs is 1. The van der Waals surface area contributed by atoms with Crippen molar-refractivity contribution < 1.29 is 72.6 Å². The number of carbonyl (C=O) groups excluding carboxylic acids is 4. The number of amides is 2. The van der Waals surface area contributed by atoms with Crippen molar-refractivity contribution in [2.45, 2.75) is 161 Å². The lowest BCUT2D eigenvalue weighted by atomic mass is 9.75. The van der Waals surface area contributed by atoms with Crippen LogP contribution in [0.5, 0.6) is 0 Å². The lowest BCUT2D eigenvalue weighted by Crippen LogP contribution is -2.47. The number of guanidine groups is 2. The molecule has 5 aromatic heterocycles. The van der Waals surface area contributed by atoms with Crippen LogP contribution in [0.1, 0.15) is 172 Å². The van der Waals surface area contributed by atoms with Gasteiger partial charge < -0.3 is 20.9 Å². The molecule has 13 rings (SSSR count). The zero-order chi connectivity index (χ0) is 78.9. The average Bonchev–Trinajstić information content (AvgIpc) is 1.61. The number of benzene rings is 4. The molecule has 4 atom stereocenters. The predicted octanol–water partition coefficient (Wildman–Crippen LogP) is 14.9. The second-order valence-electron chi connectivity index (χ2n) is 30.1. The number of esters is 2. The first-order chi connectivity index (χ1) is 51.2.